The fourth-order valence-corrected chi connectivity index (χ4v) is 5.53. The standard InChI is InChI=1S/C29H27NO2/c1-3-21-19-22(28(31)32-2)20-26-27(21)30(26)29(23-13-7-4-8-14-23,24-15-9-5-10-16-24)25-17-11-6-12-18-25/h3-19,21,26-27H,1,20H2,2H3/t21-,26-,27+,30?/m0/s1. The fourth-order valence-electron chi connectivity index (χ4n) is 5.53. The highest BCUT2D eigenvalue weighted by atomic mass is 16.5. The molecular weight excluding hydrogens is 394 g/mol. The first-order valence-corrected chi connectivity index (χ1v) is 11.1. The molecule has 1 unspecified atom stereocenters. The van der Waals surface area contributed by atoms with Crippen LogP contribution in [0, 0.1) is 5.92 Å². The first kappa shape index (κ1) is 20.5. The van der Waals surface area contributed by atoms with Crippen LogP contribution in [-0.2, 0) is 15.1 Å². The first-order chi connectivity index (χ1) is 15.7. The molecule has 1 saturated heterocycles. The number of rotatable bonds is 6. The van der Waals surface area contributed by atoms with Crippen LogP contribution < -0.4 is 0 Å². The predicted molar refractivity (Wildman–Crippen MR) is 127 cm³/mol. The molecule has 4 atom stereocenters. The monoisotopic (exact) mass is 421 g/mol. The van der Waals surface area contributed by atoms with E-state index in [0.717, 1.165) is 5.57 Å². The second-order valence-electron chi connectivity index (χ2n) is 8.47. The van der Waals surface area contributed by atoms with Gasteiger partial charge in [0.15, 0.2) is 0 Å². The molecule has 3 aromatic rings. The van der Waals surface area contributed by atoms with E-state index in [1.807, 2.05) is 12.2 Å². The number of benzene rings is 3. The molecule has 1 aliphatic heterocycles. The third-order valence-electron chi connectivity index (χ3n) is 6.88. The van der Waals surface area contributed by atoms with Crippen molar-refractivity contribution in [1.82, 2.24) is 4.90 Å². The number of carbonyl (C=O) groups excluding carboxylic acids is 1. The highest BCUT2D eigenvalue weighted by molar-refractivity contribution is 5.89. The Bertz CT molecular complexity index is 1040. The quantitative estimate of drug-likeness (QED) is 0.233. The molecule has 1 heterocycles. The first-order valence-electron chi connectivity index (χ1n) is 11.1. The molecule has 0 aromatic heterocycles. The van der Waals surface area contributed by atoms with Crippen molar-refractivity contribution >= 4 is 5.97 Å². The summed E-state index contributed by atoms with van der Waals surface area (Å²) < 4.78 is 5.06. The lowest BCUT2D eigenvalue weighted by atomic mass is 9.76. The lowest BCUT2D eigenvalue weighted by Crippen LogP contribution is -2.40. The Balaban J connectivity index is 1.72. The van der Waals surface area contributed by atoms with Crippen LogP contribution in [0.25, 0.3) is 0 Å². The van der Waals surface area contributed by atoms with Gasteiger partial charge < -0.3 is 4.74 Å². The second kappa shape index (κ2) is 8.25. The van der Waals surface area contributed by atoms with Gasteiger partial charge in [-0.2, -0.15) is 0 Å². The zero-order valence-corrected chi connectivity index (χ0v) is 18.2. The van der Waals surface area contributed by atoms with Crippen LogP contribution in [-0.4, -0.2) is 30.1 Å². The molecule has 160 valence electrons. The number of ether oxygens (including phenoxy) is 1. The van der Waals surface area contributed by atoms with Gasteiger partial charge in [0.2, 0.25) is 0 Å². The normalized spacial score (nSPS) is 24.1. The van der Waals surface area contributed by atoms with Crippen LogP contribution in [0.15, 0.2) is 115 Å². The minimum absolute atomic E-state index is 0.0818. The highest BCUT2D eigenvalue weighted by Crippen LogP contribution is 2.56. The average Bonchev–Trinajstić information content (AvgIpc) is 3.60. The van der Waals surface area contributed by atoms with Crippen LogP contribution in [0.4, 0.5) is 0 Å². The van der Waals surface area contributed by atoms with Gasteiger partial charge in [-0.25, -0.2) is 4.79 Å². The molecular formula is C29H27NO2. The molecule has 1 fully saturated rings. The molecule has 1 aliphatic carbocycles. The van der Waals surface area contributed by atoms with Gasteiger partial charge in [0.1, 0.15) is 0 Å². The van der Waals surface area contributed by atoms with Crippen LogP contribution in [0.2, 0.25) is 0 Å². The summed E-state index contributed by atoms with van der Waals surface area (Å²) in [6, 6.07) is 32.5. The van der Waals surface area contributed by atoms with E-state index in [-0.39, 0.29) is 24.0 Å². The lowest BCUT2D eigenvalue weighted by molar-refractivity contribution is -0.136. The van der Waals surface area contributed by atoms with Gasteiger partial charge in [0.25, 0.3) is 0 Å². The smallest absolute Gasteiger partial charge is 0.333 e. The number of hydrogen-bond donors (Lipinski definition) is 0. The molecule has 0 radical (unpaired) electrons. The number of hydrogen-bond acceptors (Lipinski definition) is 3. The molecule has 0 saturated carbocycles. The van der Waals surface area contributed by atoms with Gasteiger partial charge in [-0.1, -0.05) is 103 Å². The zero-order chi connectivity index (χ0) is 22.1. The summed E-state index contributed by atoms with van der Waals surface area (Å²) >= 11 is 0. The lowest BCUT2D eigenvalue weighted by Gasteiger charge is -2.39. The van der Waals surface area contributed by atoms with Gasteiger partial charge in [0, 0.05) is 23.6 Å². The van der Waals surface area contributed by atoms with Crippen LogP contribution in [0.3, 0.4) is 0 Å². The summed E-state index contributed by atoms with van der Waals surface area (Å²) in [4.78, 5) is 15.0. The zero-order valence-electron chi connectivity index (χ0n) is 18.2. The Kier molecular flexibility index (Phi) is 5.28. The van der Waals surface area contributed by atoms with E-state index in [1.54, 1.807) is 0 Å². The van der Waals surface area contributed by atoms with E-state index in [0.29, 0.717) is 6.42 Å². The van der Waals surface area contributed by atoms with E-state index < -0.39 is 5.54 Å². The summed E-state index contributed by atoms with van der Waals surface area (Å²) in [5.41, 5.74) is 3.92. The van der Waals surface area contributed by atoms with Crippen molar-refractivity contribution in [2.75, 3.05) is 7.11 Å². The van der Waals surface area contributed by atoms with E-state index in [4.69, 9.17) is 4.74 Å². The van der Waals surface area contributed by atoms with Crippen molar-refractivity contribution in [1.29, 1.82) is 0 Å². The van der Waals surface area contributed by atoms with Gasteiger partial charge in [-0.3, -0.25) is 4.90 Å². The van der Waals surface area contributed by atoms with E-state index in [1.165, 1.54) is 23.8 Å². The molecule has 3 heteroatoms. The Morgan fingerprint density at radius 1 is 0.906 bits per heavy atom. The molecule has 0 spiro atoms. The minimum Gasteiger partial charge on any atom is -0.466 e. The average molecular weight is 422 g/mol. The number of esters is 1. The predicted octanol–water partition coefficient (Wildman–Crippen LogP) is 5.34. The highest BCUT2D eigenvalue weighted by Gasteiger charge is 2.63. The van der Waals surface area contributed by atoms with E-state index in [2.05, 4.69) is 102 Å². The maximum absolute atomic E-state index is 12.4. The van der Waals surface area contributed by atoms with Gasteiger partial charge in [-0.05, 0) is 23.1 Å². The van der Waals surface area contributed by atoms with Crippen molar-refractivity contribution in [3.05, 3.63) is 132 Å². The second-order valence-corrected chi connectivity index (χ2v) is 8.47. The molecule has 3 nitrogen and oxygen atoms in total. The third-order valence-corrected chi connectivity index (χ3v) is 6.88. The number of fused-ring (bicyclic) bond motifs is 1. The van der Waals surface area contributed by atoms with Crippen molar-refractivity contribution in [3.8, 4) is 0 Å². The van der Waals surface area contributed by atoms with Crippen molar-refractivity contribution < 1.29 is 9.53 Å². The van der Waals surface area contributed by atoms with Crippen molar-refractivity contribution in [2.24, 2.45) is 5.92 Å². The Morgan fingerprint density at radius 3 is 1.78 bits per heavy atom. The van der Waals surface area contributed by atoms with Crippen LogP contribution in [0.5, 0.6) is 0 Å². The minimum atomic E-state index is -0.472. The molecule has 5 rings (SSSR count). The molecule has 0 bridgehead atoms. The van der Waals surface area contributed by atoms with E-state index >= 15 is 0 Å². The molecule has 3 aromatic carbocycles. The maximum atomic E-state index is 12.4. The third kappa shape index (κ3) is 3.12. The number of methoxy groups -OCH3 is 1. The molecule has 32 heavy (non-hydrogen) atoms. The van der Waals surface area contributed by atoms with Crippen molar-refractivity contribution in [2.45, 2.75) is 24.0 Å². The van der Waals surface area contributed by atoms with Crippen molar-refractivity contribution in [3.63, 3.8) is 0 Å². The fraction of sp³-hybridized carbons (Fsp3) is 0.207. The Morgan fingerprint density at radius 2 is 1.38 bits per heavy atom. The topological polar surface area (TPSA) is 29.3 Å². The number of nitrogens with zero attached hydrogens (tertiary/aromatic N) is 1. The summed E-state index contributed by atoms with van der Waals surface area (Å²) in [6.45, 7) is 4.09. The summed E-state index contributed by atoms with van der Waals surface area (Å²) in [6.07, 6.45) is 4.69. The van der Waals surface area contributed by atoms with Gasteiger partial charge in [0.05, 0.1) is 12.6 Å². The summed E-state index contributed by atoms with van der Waals surface area (Å²) in [7, 11) is 1.45. The van der Waals surface area contributed by atoms with Gasteiger partial charge >= 0.3 is 5.97 Å². The van der Waals surface area contributed by atoms with Gasteiger partial charge in [-0.15, -0.1) is 6.58 Å². The van der Waals surface area contributed by atoms with Crippen LogP contribution in [0.1, 0.15) is 23.1 Å². The maximum Gasteiger partial charge on any atom is 0.333 e. The molecule has 0 amide bonds. The van der Waals surface area contributed by atoms with E-state index in [9.17, 15) is 4.79 Å². The number of carbonyl (C=O) groups is 1. The summed E-state index contributed by atoms with van der Waals surface area (Å²) in [5.74, 6) is -0.162. The van der Waals surface area contributed by atoms with Crippen LogP contribution >= 0.6 is 0 Å². The summed E-state index contributed by atoms with van der Waals surface area (Å²) in [5, 5.41) is 0. The Labute approximate surface area is 189 Å². The molecule has 0 N–H and O–H groups in total. The largest absolute Gasteiger partial charge is 0.466 e. The molecule has 2 aliphatic rings. The Hall–Kier alpha value is -3.43. The SMILES string of the molecule is C=C[C@H]1C=C(C(=O)OC)C[C@H]2[C@@H]1N2C(c1ccccc1)(c1ccccc1)c1ccccc1.